The predicted octanol–water partition coefficient (Wildman–Crippen LogP) is 14.0. The molecule has 0 amide bonds. The number of nitrogens with zero attached hydrogens (tertiary/aromatic N) is 4. The molecule has 0 aliphatic heterocycles. The first-order valence-electron chi connectivity index (χ1n) is 19.8. The monoisotopic (exact) mass is 736 g/mol. The summed E-state index contributed by atoms with van der Waals surface area (Å²) in [5.41, 5.74) is 17.7. The Morgan fingerprint density at radius 1 is 0.310 bits per heavy atom. The lowest BCUT2D eigenvalue weighted by atomic mass is 9.91. The van der Waals surface area contributed by atoms with Crippen molar-refractivity contribution >= 4 is 65.4 Å². The Morgan fingerprint density at radius 2 is 0.879 bits per heavy atom. The fraction of sp³-hybridized carbons (Fsp3) is 0. The van der Waals surface area contributed by atoms with E-state index in [-0.39, 0.29) is 0 Å². The lowest BCUT2D eigenvalue weighted by Crippen LogP contribution is -1.97. The van der Waals surface area contributed by atoms with Crippen molar-refractivity contribution in [2.75, 3.05) is 0 Å². The Kier molecular flexibility index (Phi) is 6.41. The van der Waals surface area contributed by atoms with Gasteiger partial charge >= 0.3 is 0 Å². The van der Waals surface area contributed by atoms with Crippen LogP contribution in [0.4, 0.5) is 0 Å². The molecule has 268 valence electrons. The molecule has 1 aliphatic rings. The standard InChI is InChI=1S/C54H32N4/c1-3-13-34(14-4-1)53-54(56-45-22-9-8-21-44(45)55-53)35-25-28-37(29-26-35)58-47-24-12-20-40-42-32-49-43(38-18-7-10-23-46(38)57(49)36-16-5-2-6-17-36)31-41(42)39-19-11-15-33-27-30-48(58)52(50(33)39)51(40)47/h1-32H. The third-order valence-electron chi connectivity index (χ3n) is 12.2. The van der Waals surface area contributed by atoms with Gasteiger partial charge < -0.3 is 9.13 Å². The highest BCUT2D eigenvalue weighted by atomic mass is 15.0. The Labute approximate surface area is 333 Å². The summed E-state index contributed by atoms with van der Waals surface area (Å²) in [7, 11) is 0. The van der Waals surface area contributed by atoms with E-state index >= 15 is 0 Å². The minimum Gasteiger partial charge on any atom is -0.309 e. The van der Waals surface area contributed by atoms with Gasteiger partial charge in [-0.05, 0) is 99.8 Å². The van der Waals surface area contributed by atoms with Gasteiger partial charge in [-0.25, -0.2) is 9.97 Å². The van der Waals surface area contributed by atoms with Gasteiger partial charge in [-0.1, -0.05) is 127 Å². The molecule has 0 bridgehead atoms. The fourth-order valence-corrected chi connectivity index (χ4v) is 9.74. The molecule has 58 heavy (non-hydrogen) atoms. The van der Waals surface area contributed by atoms with Crippen molar-refractivity contribution in [2.24, 2.45) is 0 Å². The van der Waals surface area contributed by atoms with Gasteiger partial charge in [0.2, 0.25) is 0 Å². The van der Waals surface area contributed by atoms with Crippen molar-refractivity contribution in [3.63, 3.8) is 0 Å². The number of rotatable bonds is 4. The largest absolute Gasteiger partial charge is 0.309 e. The molecule has 0 spiro atoms. The van der Waals surface area contributed by atoms with Gasteiger partial charge in [0, 0.05) is 44.0 Å². The summed E-state index contributed by atoms with van der Waals surface area (Å²) >= 11 is 0. The van der Waals surface area contributed by atoms with E-state index in [4.69, 9.17) is 9.97 Å². The molecule has 1 aliphatic carbocycles. The van der Waals surface area contributed by atoms with Gasteiger partial charge in [-0.3, -0.25) is 0 Å². The highest BCUT2D eigenvalue weighted by molar-refractivity contribution is 6.31. The van der Waals surface area contributed by atoms with Gasteiger partial charge in [0.1, 0.15) is 0 Å². The molecule has 13 rings (SSSR count). The zero-order valence-corrected chi connectivity index (χ0v) is 31.3. The maximum Gasteiger partial charge on any atom is 0.0973 e. The molecule has 3 heterocycles. The van der Waals surface area contributed by atoms with Crippen molar-refractivity contribution in [1.82, 2.24) is 19.1 Å². The first-order chi connectivity index (χ1) is 28.8. The van der Waals surface area contributed by atoms with Crippen LogP contribution in [0.25, 0.3) is 122 Å². The second kappa shape index (κ2) is 11.8. The van der Waals surface area contributed by atoms with Crippen LogP contribution in [0.1, 0.15) is 0 Å². The molecule has 0 fully saturated rings. The summed E-state index contributed by atoms with van der Waals surface area (Å²) in [5, 5.41) is 7.65. The molecule has 9 aromatic carbocycles. The number of hydrogen-bond donors (Lipinski definition) is 0. The number of para-hydroxylation sites is 4. The van der Waals surface area contributed by atoms with Crippen LogP contribution in [0, 0.1) is 0 Å². The molecule has 0 radical (unpaired) electrons. The Bertz CT molecular complexity index is 3650. The Balaban J connectivity index is 1.06. The minimum absolute atomic E-state index is 0.877. The van der Waals surface area contributed by atoms with E-state index < -0.39 is 0 Å². The topological polar surface area (TPSA) is 35.6 Å². The van der Waals surface area contributed by atoms with Crippen molar-refractivity contribution in [3.05, 3.63) is 194 Å². The van der Waals surface area contributed by atoms with Crippen molar-refractivity contribution < 1.29 is 0 Å². The number of fused-ring (bicyclic) bond motifs is 7. The first kappa shape index (κ1) is 31.4. The predicted molar refractivity (Wildman–Crippen MR) is 241 cm³/mol. The van der Waals surface area contributed by atoms with Gasteiger partial charge in [-0.2, -0.15) is 0 Å². The number of hydrogen-bond acceptors (Lipinski definition) is 2. The van der Waals surface area contributed by atoms with Crippen LogP contribution in [-0.2, 0) is 0 Å². The Morgan fingerprint density at radius 3 is 1.66 bits per heavy atom. The van der Waals surface area contributed by atoms with E-state index in [0.717, 1.165) is 44.9 Å². The van der Waals surface area contributed by atoms with Gasteiger partial charge in [0.15, 0.2) is 0 Å². The molecule has 0 saturated heterocycles. The van der Waals surface area contributed by atoms with E-state index in [9.17, 15) is 0 Å². The highest BCUT2D eigenvalue weighted by Gasteiger charge is 2.26. The molecule has 4 nitrogen and oxygen atoms in total. The first-order valence-corrected chi connectivity index (χ1v) is 19.8. The summed E-state index contributed by atoms with van der Waals surface area (Å²) < 4.78 is 4.87. The number of benzene rings is 9. The second-order valence-electron chi connectivity index (χ2n) is 15.3. The lowest BCUT2D eigenvalue weighted by molar-refractivity contribution is 1.18. The summed E-state index contributed by atoms with van der Waals surface area (Å²) in [5.74, 6) is 0. The quantitative estimate of drug-likeness (QED) is 0.180. The van der Waals surface area contributed by atoms with Crippen molar-refractivity contribution in [2.45, 2.75) is 0 Å². The fourth-order valence-electron chi connectivity index (χ4n) is 9.74. The maximum atomic E-state index is 5.19. The third-order valence-corrected chi connectivity index (χ3v) is 12.2. The Hall–Kier alpha value is -7.82. The number of aromatic nitrogens is 4. The molecule has 0 N–H and O–H groups in total. The zero-order chi connectivity index (χ0) is 37.9. The van der Waals surface area contributed by atoms with Crippen molar-refractivity contribution in [1.29, 1.82) is 0 Å². The highest BCUT2D eigenvalue weighted by Crippen LogP contribution is 2.51. The van der Waals surface area contributed by atoms with Crippen LogP contribution in [0.2, 0.25) is 0 Å². The van der Waals surface area contributed by atoms with E-state index in [1.807, 2.05) is 30.3 Å². The molecule has 0 saturated carbocycles. The summed E-state index contributed by atoms with van der Waals surface area (Å²) in [6, 6.07) is 70.1. The molecule has 0 atom stereocenters. The molecule has 4 heteroatoms. The lowest BCUT2D eigenvalue weighted by Gasteiger charge is -2.15. The summed E-state index contributed by atoms with van der Waals surface area (Å²) in [6.45, 7) is 0. The molecule has 0 unspecified atom stereocenters. The van der Waals surface area contributed by atoms with Gasteiger partial charge in [0.25, 0.3) is 0 Å². The average molecular weight is 737 g/mol. The zero-order valence-electron chi connectivity index (χ0n) is 31.3. The molecule has 12 aromatic rings. The van der Waals surface area contributed by atoms with Crippen LogP contribution in [0.15, 0.2) is 194 Å². The smallest absolute Gasteiger partial charge is 0.0973 e. The summed E-state index contributed by atoms with van der Waals surface area (Å²) in [6.07, 6.45) is 0. The van der Waals surface area contributed by atoms with Crippen molar-refractivity contribution in [3.8, 4) is 56.1 Å². The summed E-state index contributed by atoms with van der Waals surface area (Å²) in [4.78, 5) is 10.3. The van der Waals surface area contributed by atoms with Crippen LogP contribution in [0.5, 0.6) is 0 Å². The average Bonchev–Trinajstić information content (AvgIpc) is 3.77. The molecular formula is C54H32N4. The van der Waals surface area contributed by atoms with Crippen LogP contribution >= 0.6 is 0 Å². The molecular weight excluding hydrogens is 705 g/mol. The second-order valence-corrected chi connectivity index (χ2v) is 15.3. The molecule has 3 aromatic heterocycles. The van der Waals surface area contributed by atoms with Gasteiger partial charge in [0.05, 0.1) is 44.5 Å². The third kappa shape index (κ3) is 4.34. The maximum absolute atomic E-state index is 5.19. The van der Waals surface area contributed by atoms with Crippen LogP contribution in [0.3, 0.4) is 0 Å². The normalized spacial score (nSPS) is 12.1. The SMILES string of the molecule is c1ccc(-c2nc3ccccc3nc2-c2ccc(-n3c4cccc5c4c4c6c(cccc6ccc43)-c3cc4c6ccccc6n(-c6ccccc6)c4cc3-5)cc2)cc1. The van der Waals surface area contributed by atoms with E-state index in [2.05, 4.69) is 173 Å². The van der Waals surface area contributed by atoms with Crippen LogP contribution < -0.4 is 0 Å². The van der Waals surface area contributed by atoms with E-state index in [0.29, 0.717) is 0 Å². The van der Waals surface area contributed by atoms with E-state index in [1.54, 1.807) is 0 Å². The minimum atomic E-state index is 0.877. The van der Waals surface area contributed by atoms with Crippen LogP contribution in [-0.4, -0.2) is 19.1 Å². The van der Waals surface area contributed by atoms with E-state index in [1.165, 1.54) is 76.6 Å². The van der Waals surface area contributed by atoms with Gasteiger partial charge in [-0.15, -0.1) is 0 Å².